The summed E-state index contributed by atoms with van der Waals surface area (Å²) in [5, 5.41) is 39.5. The third kappa shape index (κ3) is 11.4. The minimum absolute atomic E-state index is 0.0221. The number of rotatable bonds is 21. The number of benzene rings is 2. The van der Waals surface area contributed by atoms with Crippen LogP contribution in [0.15, 0.2) is 42.5 Å². The molecule has 2 aromatic rings. The Morgan fingerprint density at radius 2 is 1.57 bits per heavy atom. The van der Waals surface area contributed by atoms with Gasteiger partial charge in [-0.2, -0.15) is 0 Å². The summed E-state index contributed by atoms with van der Waals surface area (Å²) < 4.78 is 27.4. The van der Waals surface area contributed by atoms with E-state index < -0.39 is 24.6 Å². The average molecular weight is 657 g/mol. The fourth-order valence-electron chi connectivity index (χ4n) is 6.58. The highest BCUT2D eigenvalue weighted by Crippen LogP contribution is 2.40. The van der Waals surface area contributed by atoms with Crippen molar-refractivity contribution in [1.29, 1.82) is 0 Å². The fraction of sp³-hybridized carbons (Fsp3) is 0.615. The Balaban J connectivity index is 1.83. The zero-order valence-electron chi connectivity index (χ0n) is 28.6. The standard InChI is InChI=1S/C39H57FO7/c1-4-5-6-9-29-12-14-30(15-13-29)31-16-17-35(36(40)24-31)34-22-32(10-7-19-41)37(33(23-34)11-8-20-42)46-21-18-39(25-43,26-44)27-47-38(45)28(2)3/h16-17,22-24,29-30,41-44H,2,4-15,18-21,25-27H2,1,3H3. The number of aryl methyl sites for hydroxylation is 2. The van der Waals surface area contributed by atoms with E-state index >= 15 is 4.39 Å². The summed E-state index contributed by atoms with van der Waals surface area (Å²) in [6.07, 6.45) is 11.9. The molecular formula is C39H57FO7. The molecule has 0 bridgehead atoms. The van der Waals surface area contributed by atoms with Crippen molar-refractivity contribution in [2.24, 2.45) is 11.3 Å². The summed E-state index contributed by atoms with van der Waals surface area (Å²) in [6.45, 7) is 6.36. The van der Waals surface area contributed by atoms with Crippen molar-refractivity contribution in [3.05, 3.63) is 65.0 Å². The maximum atomic E-state index is 15.8. The van der Waals surface area contributed by atoms with Crippen molar-refractivity contribution in [2.75, 3.05) is 39.6 Å². The lowest BCUT2D eigenvalue weighted by atomic mass is 9.77. The molecule has 0 aliphatic heterocycles. The number of esters is 1. The number of hydrogen-bond donors (Lipinski definition) is 4. The van der Waals surface area contributed by atoms with Gasteiger partial charge in [-0.05, 0) is 117 Å². The third-order valence-corrected chi connectivity index (χ3v) is 9.70. The summed E-state index contributed by atoms with van der Waals surface area (Å²) in [5.41, 5.74) is 3.00. The molecule has 0 spiro atoms. The van der Waals surface area contributed by atoms with Crippen LogP contribution in [0.25, 0.3) is 11.1 Å². The molecule has 0 aromatic heterocycles. The maximum Gasteiger partial charge on any atom is 0.333 e. The van der Waals surface area contributed by atoms with E-state index in [2.05, 4.69) is 19.6 Å². The topological polar surface area (TPSA) is 116 Å². The Labute approximate surface area is 280 Å². The van der Waals surface area contributed by atoms with Crippen LogP contribution in [-0.4, -0.2) is 66.0 Å². The van der Waals surface area contributed by atoms with Crippen LogP contribution in [-0.2, 0) is 22.4 Å². The van der Waals surface area contributed by atoms with Crippen LogP contribution in [0.3, 0.4) is 0 Å². The minimum Gasteiger partial charge on any atom is -0.493 e. The molecule has 3 rings (SSSR count). The zero-order chi connectivity index (χ0) is 34.2. The number of ether oxygens (including phenoxy) is 2. The maximum absolute atomic E-state index is 15.8. The van der Waals surface area contributed by atoms with Gasteiger partial charge >= 0.3 is 5.97 Å². The van der Waals surface area contributed by atoms with Crippen LogP contribution in [0.5, 0.6) is 5.75 Å². The number of carbonyl (C=O) groups is 1. The molecule has 1 aliphatic carbocycles. The first kappa shape index (κ1) is 38.7. The first-order valence-electron chi connectivity index (χ1n) is 17.5. The molecule has 1 saturated carbocycles. The van der Waals surface area contributed by atoms with E-state index in [1.165, 1.54) is 45.4 Å². The van der Waals surface area contributed by atoms with Gasteiger partial charge in [0, 0.05) is 24.4 Å². The van der Waals surface area contributed by atoms with Gasteiger partial charge in [-0.15, -0.1) is 0 Å². The summed E-state index contributed by atoms with van der Waals surface area (Å²) in [4.78, 5) is 11.9. The fourth-order valence-corrected chi connectivity index (χ4v) is 6.58. The zero-order valence-corrected chi connectivity index (χ0v) is 28.6. The SMILES string of the molecule is C=C(C)C(=O)OCC(CO)(CO)CCOc1c(CCCO)cc(-c2ccc(C3CCC(CCCCC)CC3)cc2F)cc1CCCO. The molecule has 4 N–H and O–H groups in total. The van der Waals surface area contributed by atoms with E-state index in [-0.39, 0.29) is 44.2 Å². The van der Waals surface area contributed by atoms with Crippen molar-refractivity contribution in [1.82, 2.24) is 0 Å². The Hall–Kier alpha value is -2.78. The molecule has 0 amide bonds. The summed E-state index contributed by atoms with van der Waals surface area (Å²) in [7, 11) is 0. The molecule has 1 fully saturated rings. The highest BCUT2D eigenvalue weighted by Gasteiger charge is 2.31. The van der Waals surface area contributed by atoms with Crippen LogP contribution >= 0.6 is 0 Å². The Bertz CT molecular complexity index is 1230. The molecule has 0 radical (unpaired) electrons. The van der Waals surface area contributed by atoms with Gasteiger partial charge in [0.1, 0.15) is 18.2 Å². The monoisotopic (exact) mass is 656 g/mol. The van der Waals surface area contributed by atoms with Crippen molar-refractivity contribution < 1.29 is 39.1 Å². The Morgan fingerprint density at radius 3 is 2.11 bits per heavy atom. The third-order valence-electron chi connectivity index (χ3n) is 9.70. The van der Waals surface area contributed by atoms with Crippen LogP contribution in [0, 0.1) is 17.2 Å². The van der Waals surface area contributed by atoms with Crippen LogP contribution in [0.1, 0.15) is 107 Å². The lowest BCUT2D eigenvalue weighted by molar-refractivity contribution is -0.145. The highest BCUT2D eigenvalue weighted by atomic mass is 19.1. The van der Waals surface area contributed by atoms with E-state index in [0.29, 0.717) is 48.5 Å². The van der Waals surface area contributed by atoms with Crippen LogP contribution in [0.2, 0.25) is 0 Å². The molecule has 0 unspecified atom stereocenters. The first-order valence-corrected chi connectivity index (χ1v) is 17.5. The Kier molecular flexibility index (Phi) is 16.4. The number of aliphatic hydroxyl groups excluding tert-OH is 4. The number of halogens is 1. The number of carbonyl (C=O) groups excluding carboxylic acids is 1. The van der Waals surface area contributed by atoms with Gasteiger partial charge in [0.05, 0.1) is 25.2 Å². The summed E-state index contributed by atoms with van der Waals surface area (Å²) in [5.74, 6) is 0.900. The molecule has 2 aromatic carbocycles. The molecule has 7 nitrogen and oxygen atoms in total. The average Bonchev–Trinajstić information content (AvgIpc) is 3.08. The van der Waals surface area contributed by atoms with Gasteiger partial charge in [0.2, 0.25) is 0 Å². The largest absolute Gasteiger partial charge is 0.493 e. The first-order chi connectivity index (χ1) is 22.7. The molecule has 47 heavy (non-hydrogen) atoms. The van der Waals surface area contributed by atoms with Gasteiger partial charge in [0.25, 0.3) is 0 Å². The quantitative estimate of drug-likeness (QED) is 0.0646. The van der Waals surface area contributed by atoms with E-state index in [1.54, 1.807) is 6.07 Å². The lowest BCUT2D eigenvalue weighted by Gasteiger charge is -2.29. The summed E-state index contributed by atoms with van der Waals surface area (Å²) >= 11 is 0. The molecule has 1 aliphatic rings. The van der Waals surface area contributed by atoms with E-state index in [9.17, 15) is 25.2 Å². The van der Waals surface area contributed by atoms with Crippen LogP contribution < -0.4 is 4.74 Å². The molecule has 0 saturated heterocycles. The number of hydrogen-bond acceptors (Lipinski definition) is 7. The van der Waals surface area contributed by atoms with Gasteiger partial charge in [0.15, 0.2) is 0 Å². The van der Waals surface area contributed by atoms with Gasteiger partial charge < -0.3 is 29.9 Å². The van der Waals surface area contributed by atoms with E-state index in [4.69, 9.17) is 9.47 Å². The van der Waals surface area contributed by atoms with Crippen molar-refractivity contribution >= 4 is 5.97 Å². The predicted molar refractivity (Wildman–Crippen MR) is 184 cm³/mol. The smallest absolute Gasteiger partial charge is 0.333 e. The molecular weight excluding hydrogens is 599 g/mol. The predicted octanol–water partition coefficient (Wildman–Crippen LogP) is 7.06. The van der Waals surface area contributed by atoms with Gasteiger partial charge in [-0.25, -0.2) is 9.18 Å². The van der Waals surface area contributed by atoms with Gasteiger partial charge in [-0.1, -0.05) is 51.3 Å². The molecule has 8 heteroatoms. The second kappa shape index (κ2) is 19.9. The molecule has 0 atom stereocenters. The minimum atomic E-state index is -1.11. The van der Waals surface area contributed by atoms with E-state index in [1.807, 2.05) is 18.2 Å². The lowest BCUT2D eigenvalue weighted by Crippen LogP contribution is -2.37. The summed E-state index contributed by atoms with van der Waals surface area (Å²) in [6, 6.07) is 9.46. The van der Waals surface area contributed by atoms with Crippen molar-refractivity contribution in [2.45, 2.75) is 103 Å². The second-order valence-corrected chi connectivity index (χ2v) is 13.5. The number of unbranched alkanes of at least 4 members (excludes halogenated alkanes) is 2. The van der Waals surface area contributed by atoms with Gasteiger partial charge in [-0.3, -0.25) is 0 Å². The normalized spacial score (nSPS) is 16.7. The number of aliphatic hydroxyl groups is 4. The highest BCUT2D eigenvalue weighted by molar-refractivity contribution is 5.86. The van der Waals surface area contributed by atoms with Crippen molar-refractivity contribution in [3.63, 3.8) is 0 Å². The Morgan fingerprint density at radius 1 is 0.936 bits per heavy atom. The second-order valence-electron chi connectivity index (χ2n) is 13.5. The molecule has 262 valence electrons. The van der Waals surface area contributed by atoms with Crippen LogP contribution in [0.4, 0.5) is 4.39 Å². The van der Waals surface area contributed by atoms with E-state index in [0.717, 1.165) is 35.4 Å². The molecule has 0 heterocycles. The van der Waals surface area contributed by atoms with Crippen molar-refractivity contribution in [3.8, 4) is 16.9 Å².